The second kappa shape index (κ2) is 2.54. The fraction of sp³-hybridized carbons (Fsp3) is 0.889. The van der Waals surface area contributed by atoms with Crippen LogP contribution in [0.1, 0.15) is 19.3 Å². The Labute approximate surface area is 63.4 Å². The van der Waals surface area contributed by atoms with Crippen LogP contribution in [0.2, 0.25) is 0 Å². The molecule has 0 aromatic heterocycles. The average molecular weight is 138 g/mol. The minimum absolute atomic E-state index is 0.928. The molecule has 1 saturated heterocycles. The largest absolute Gasteiger partial charge is 0.306 e. The van der Waals surface area contributed by atoms with E-state index in [1.807, 2.05) is 0 Å². The summed E-state index contributed by atoms with van der Waals surface area (Å²) >= 11 is 0. The summed E-state index contributed by atoms with van der Waals surface area (Å²) in [4.78, 5) is 2.48. The van der Waals surface area contributed by atoms with E-state index in [1.165, 1.54) is 32.4 Å². The van der Waals surface area contributed by atoms with Gasteiger partial charge in [0.25, 0.3) is 0 Å². The van der Waals surface area contributed by atoms with Crippen LogP contribution in [0.4, 0.5) is 0 Å². The molecule has 0 spiro atoms. The molecule has 1 aliphatic carbocycles. The summed E-state index contributed by atoms with van der Waals surface area (Å²) in [6, 6.07) is 0. The van der Waals surface area contributed by atoms with E-state index in [-0.39, 0.29) is 0 Å². The van der Waals surface area contributed by atoms with Crippen LogP contribution < -0.4 is 0 Å². The highest BCUT2D eigenvalue weighted by atomic mass is 15.1. The monoisotopic (exact) mass is 138 g/mol. The molecule has 0 aromatic carbocycles. The molecule has 2 aliphatic rings. The minimum Gasteiger partial charge on any atom is -0.306 e. The number of hydrogen-bond acceptors (Lipinski definition) is 1. The normalized spacial score (nSPS) is 41.7. The van der Waals surface area contributed by atoms with Crippen molar-refractivity contribution < 1.29 is 0 Å². The van der Waals surface area contributed by atoms with E-state index in [9.17, 15) is 0 Å². The first-order valence-electron chi connectivity index (χ1n) is 4.38. The van der Waals surface area contributed by atoms with Crippen LogP contribution in [0.25, 0.3) is 0 Å². The van der Waals surface area contributed by atoms with Gasteiger partial charge >= 0.3 is 0 Å². The lowest BCUT2D eigenvalue weighted by molar-refractivity contribution is 0.161. The summed E-state index contributed by atoms with van der Waals surface area (Å²) in [5, 5.41) is 0. The molecule has 2 rings (SSSR count). The molecule has 1 saturated carbocycles. The summed E-state index contributed by atoms with van der Waals surface area (Å²) in [5.74, 6) is 1.86. The van der Waals surface area contributed by atoms with Gasteiger partial charge in [-0.25, -0.2) is 0 Å². The van der Waals surface area contributed by atoms with E-state index >= 15 is 0 Å². The number of rotatable bonds is 0. The first-order valence-corrected chi connectivity index (χ1v) is 4.38. The lowest BCUT2D eigenvalue weighted by Gasteiger charge is -2.39. The van der Waals surface area contributed by atoms with Crippen molar-refractivity contribution in [3.05, 3.63) is 6.42 Å². The zero-order valence-electron chi connectivity index (χ0n) is 6.71. The standard InChI is InChI=1S/C9H16N/c1-10-6-8-3-2-4-9(5-8)7-10/h5,8-9H,2-4,6-7H2,1H3. The minimum atomic E-state index is 0.928. The maximum Gasteiger partial charge on any atom is 0.000959 e. The Balaban J connectivity index is 1.98. The topological polar surface area (TPSA) is 3.24 Å². The maximum atomic E-state index is 2.59. The predicted octanol–water partition coefficient (Wildman–Crippen LogP) is 1.55. The van der Waals surface area contributed by atoms with Crippen molar-refractivity contribution in [2.45, 2.75) is 19.3 Å². The van der Waals surface area contributed by atoms with Gasteiger partial charge in [-0.2, -0.15) is 0 Å². The zero-order chi connectivity index (χ0) is 6.97. The predicted molar refractivity (Wildman–Crippen MR) is 42.6 cm³/mol. The second-order valence-corrected chi connectivity index (χ2v) is 3.86. The molecule has 2 bridgehead atoms. The quantitative estimate of drug-likeness (QED) is 0.491. The molecule has 1 heterocycles. The summed E-state index contributed by atoms with van der Waals surface area (Å²) in [6.07, 6.45) is 6.95. The van der Waals surface area contributed by atoms with Crippen molar-refractivity contribution in [1.29, 1.82) is 0 Å². The Morgan fingerprint density at radius 2 is 1.80 bits per heavy atom. The molecule has 2 fully saturated rings. The van der Waals surface area contributed by atoms with Gasteiger partial charge in [0.05, 0.1) is 0 Å². The summed E-state index contributed by atoms with van der Waals surface area (Å²) in [5.41, 5.74) is 0. The number of nitrogens with zero attached hydrogens (tertiary/aromatic N) is 1. The average Bonchev–Trinajstić information content (AvgIpc) is 1.85. The van der Waals surface area contributed by atoms with Crippen molar-refractivity contribution >= 4 is 0 Å². The van der Waals surface area contributed by atoms with Crippen molar-refractivity contribution in [1.82, 2.24) is 4.90 Å². The summed E-state index contributed by atoms with van der Waals surface area (Å²) in [7, 11) is 2.25. The summed E-state index contributed by atoms with van der Waals surface area (Å²) in [6.45, 7) is 2.63. The van der Waals surface area contributed by atoms with Crippen LogP contribution in [-0.4, -0.2) is 25.0 Å². The smallest absolute Gasteiger partial charge is 0.000959 e. The number of hydrogen-bond donors (Lipinski definition) is 0. The van der Waals surface area contributed by atoms with Gasteiger partial charge in [-0.15, -0.1) is 0 Å². The molecule has 0 amide bonds. The molecule has 2 unspecified atom stereocenters. The Morgan fingerprint density at radius 3 is 2.40 bits per heavy atom. The Kier molecular flexibility index (Phi) is 1.69. The van der Waals surface area contributed by atoms with E-state index in [1.54, 1.807) is 0 Å². The highest BCUT2D eigenvalue weighted by Crippen LogP contribution is 2.32. The van der Waals surface area contributed by atoms with E-state index in [0.29, 0.717) is 0 Å². The van der Waals surface area contributed by atoms with Crippen molar-refractivity contribution in [3.63, 3.8) is 0 Å². The fourth-order valence-corrected chi connectivity index (χ4v) is 2.40. The fourth-order valence-electron chi connectivity index (χ4n) is 2.40. The number of fused-ring (bicyclic) bond motifs is 2. The lowest BCUT2D eigenvalue weighted by atomic mass is 9.78. The van der Waals surface area contributed by atoms with Crippen molar-refractivity contribution in [2.24, 2.45) is 11.8 Å². The van der Waals surface area contributed by atoms with Gasteiger partial charge in [-0.3, -0.25) is 0 Å². The first-order chi connectivity index (χ1) is 4.84. The van der Waals surface area contributed by atoms with Crippen molar-refractivity contribution in [3.8, 4) is 0 Å². The van der Waals surface area contributed by atoms with Gasteiger partial charge in [0.15, 0.2) is 0 Å². The molecule has 0 aromatic rings. The molecule has 1 heteroatoms. The molecular weight excluding hydrogens is 122 g/mol. The van der Waals surface area contributed by atoms with Crippen LogP contribution >= 0.6 is 0 Å². The van der Waals surface area contributed by atoms with Crippen LogP contribution in [0, 0.1) is 18.3 Å². The first kappa shape index (κ1) is 6.66. The van der Waals surface area contributed by atoms with Gasteiger partial charge in [0, 0.05) is 13.1 Å². The molecule has 0 N–H and O–H groups in total. The SMILES string of the molecule is CN1CC2[CH]C(CCC2)C1. The second-order valence-electron chi connectivity index (χ2n) is 3.86. The van der Waals surface area contributed by atoms with Crippen LogP contribution in [0.3, 0.4) is 0 Å². The highest BCUT2D eigenvalue weighted by Gasteiger charge is 2.28. The number of piperidine rings is 1. The van der Waals surface area contributed by atoms with Gasteiger partial charge < -0.3 is 4.90 Å². The van der Waals surface area contributed by atoms with E-state index in [4.69, 9.17) is 0 Å². The summed E-state index contributed by atoms with van der Waals surface area (Å²) < 4.78 is 0. The van der Waals surface area contributed by atoms with E-state index in [2.05, 4.69) is 18.4 Å². The zero-order valence-corrected chi connectivity index (χ0v) is 6.71. The van der Waals surface area contributed by atoms with Gasteiger partial charge in [-0.05, 0) is 38.1 Å². The number of likely N-dealkylation sites (tertiary alicyclic amines) is 1. The third-order valence-corrected chi connectivity index (χ3v) is 2.79. The van der Waals surface area contributed by atoms with Gasteiger partial charge in [0.1, 0.15) is 0 Å². The molecule has 1 nitrogen and oxygen atoms in total. The lowest BCUT2D eigenvalue weighted by Crippen LogP contribution is -2.40. The van der Waals surface area contributed by atoms with Gasteiger partial charge in [-0.1, -0.05) is 6.42 Å². The van der Waals surface area contributed by atoms with E-state index in [0.717, 1.165) is 11.8 Å². The van der Waals surface area contributed by atoms with E-state index < -0.39 is 0 Å². The van der Waals surface area contributed by atoms with Crippen LogP contribution in [0.5, 0.6) is 0 Å². The molecule has 1 aliphatic heterocycles. The maximum absolute atomic E-state index is 2.59. The Morgan fingerprint density at radius 1 is 1.20 bits per heavy atom. The Bertz CT molecular complexity index is 106. The highest BCUT2D eigenvalue weighted by molar-refractivity contribution is 4.94. The van der Waals surface area contributed by atoms with Crippen molar-refractivity contribution in [2.75, 3.05) is 20.1 Å². The third-order valence-electron chi connectivity index (χ3n) is 2.79. The molecular formula is C9H16N. The molecule has 57 valence electrons. The third kappa shape index (κ3) is 1.20. The Hall–Kier alpha value is -0.0400. The van der Waals surface area contributed by atoms with Crippen LogP contribution in [-0.2, 0) is 0 Å². The van der Waals surface area contributed by atoms with Gasteiger partial charge in [0.2, 0.25) is 0 Å². The molecule has 1 radical (unpaired) electrons. The molecule has 2 atom stereocenters. The van der Waals surface area contributed by atoms with Crippen LogP contribution in [0.15, 0.2) is 0 Å². The molecule has 10 heavy (non-hydrogen) atoms.